The molecule has 1 heterocycles. The van der Waals surface area contributed by atoms with Gasteiger partial charge in [0.05, 0.1) is 14.2 Å². The average molecular weight is 425 g/mol. The number of aliphatic imine (C=N–C) groups is 1. The lowest BCUT2D eigenvalue weighted by Gasteiger charge is -2.21. The highest BCUT2D eigenvalue weighted by Crippen LogP contribution is 2.24. The summed E-state index contributed by atoms with van der Waals surface area (Å²) < 4.78 is 22.7. The molecule has 1 saturated heterocycles. The second-order valence-corrected chi connectivity index (χ2v) is 10.6. The van der Waals surface area contributed by atoms with E-state index in [0.717, 1.165) is 43.5 Å². The monoisotopic (exact) mass is 424 g/mol. The average Bonchev–Trinajstić information content (AvgIpc) is 3.12. The van der Waals surface area contributed by atoms with Crippen molar-refractivity contribution in [2.75, 3.05) is 46.7 Å². The van der Waals surface area contributed by atoms with Gasteiger partial charge in [-0.25, -0.2) is 0 Å². The summed E-state index contributed by atoms with van der Waals surface area (Å²) in [6.07, 6.45) is 1.05. The molecule has 2 rings (SSSR count). The predicted molar refractivity (Wildman–Crippen MR) is 120 cm³/mol. The maximum absolute atomic E-state index is 12.2. The Bertz CT molecular complexity index is 696. The molecule has 0 aliphatic carbocycles. The summed E-state index contributed by atoms with van der Waals surface area (Å²) in [5, 5.41) is 6.78. The molecule has 1 aromatic carbocycles. The van der Waals surface area contributed by atoms with Crippen molar-refractivity contribution in [3.63, 3.8) is 0 Å². The molecular weight excluding hydrogens is 388 g/mol. The van der Waals surface area contributed by atoms with Gasteiger partial charge in [-0.3, -0.25) is 14.1 Å². The van der Waals surface area contributed by atoms with Gasteiger partial charge < -0.3 is 20.1 Å². The van der Waals surface area contributed by atoms with Crippen molar-refractivity contribution < 1.29 is 13.7 Å². The van der Waals surface area contributed by atoms with Crippen molar-refractivity contribution in [2.45, 2.75) is 44.5 Å². The van der Waals surface area contributed by atoms with E-state index in [1.54, 1.807) is 21.3 Å². The van der Waals surface area contributed by atoms with Crippen molar-refractivity contribution >= 4 is 16.8 Å². The molecule has 2 N–H and O–H groups in total. The largest absolute Gasteiger partial charge is 0.497 e. The van der Waals surface area contributed by atoms with Gasteiger partial charge in [-0.1, -0.05) is 0 Å². The van der Waals surface area contributed by atoms with E-state index in [2.05, 4.69) is 32.7 Å². The van der Waals surface area contributed by atoms with E-state index in [1.807, 2.05) is 26.8 Å². The number of methoxy groups -OCH3 is 2. The highest BCUT2D eigenvalue weighted by atomic mass is 32.2. The number of nitrogens with zero attached hydrogens (tertiary/aromatic N) is 2. The standard InChI is InChI=1S/C21H36N4O3S/c1-21(2,3)29(26)10-8-23-20(22-4)24-17-7-9-25(15-17)14-16-11-18(27-5)13-19(12-16)28-6/h11-13,17H,7-10,14-15H2,1-6H3,(H2,22,23,24). The van der Waals surface area contributed by atoms with E-state index < -0.39 is 10.8 Å². The van der Waals surface area contributed by atoms with Crippen LogP contribution in [-0.2, 0) is 17.3 Å². The fourth-order valence-electron chi connectivity index (χ4n) is 3.27. The van der Waals surface area contributed by atoms with Crippen LogP contribution in [-0.4, -0.2) is 72.5 Å². The first-order valence-corrected chi connectivity index (χ1v) is 11.4. The van der Waals surface area contributed by atoms with Crippen LogP contribution in [0.3, 0.4) is 0 Å². The predicted octanol–water partition coefficient (Wildman–Crippen LogP) is 1.99. The van der Waals surface area contributed by atoms with Gasteiger partial charge >= 0.3 is 0 Å². The van der Waals surface area contributed by atoms with Crippen molar-refractivity contribution in [3.05, 3.63) is 23.8 Å². The summed E-state index contributed by atoms with van der Waals surface area (Å²) >= 11 is 0. The summed E-state index contributed by atoms with van der Waals surface area (Å²) in [5.41, 5.74) is 1.18. The molecule has 0 amide bonds. The van der Waals surface area contributed by atoms with Crippen molar-refractivity contribution in [1.82, 2.24) is 15.5 Å². The highest BCUT2D eigenvalue weighted by Gasteiger charge is 2.24. The molecule has 0 bridgehead atoms. The summed E-state index contributed by atoms with van der Waals surface area (Å²) in [7, 11) is 4.24. The first-order valence-electron chi connectivity index (χ1n) is 10.0. The number of benzene rings is 1. The Morgan fingerprint density at radius 1 is 1.24 bits per heavy atom. The minimum Gasteiger partial charge on any atom is -0.497 e. The maximum Gasteiger partial charge on any atom is 0.191 e. The molecule has 0 saturated carbocycles. The van der Waals surface area contributed by atoms with Gasteiger partial charge in [0, 0.05) is 66.6 Å². The van der Waals surface area contributed by atoms with Gasteiger partial charge in [-0.15, -0.1) is 0 Å². The van der Waals surface area contributed by atoms with Gasteiger partial charge in [0.25, 0.3) is 0 Å². The van der Waals surface area contributed by atoms with E-state index in [0.29, 0.717) is 18.3 Å². The molecule has 1 aromatic rings. The van der Waals surface area contributed by atoms with E-state index in [4.69, 9.17) is 9.47 Å². The molecule has 2 atom stereocenters. The number of hydrogen-bond donors (Lipinski definition) is 2. The third-order valence-electron chi connectivity index (χ3n) is 4.92. The molecule has 1 aliphatic heterocycles. The number of hydrogen-bond acceptors (Lipinski definition) is 5. The number of guanidine groups is 1. The SMILES string of the molecule is CN=C(NCCS(=O)C(C)(C)C)NC1CCN(Cc2cc(OC)cc(OC)c2)C1. The van der Waals surface area contributed by atoms with Gasteiger partial charge in [0.15, 0.2) is 5.96 Å². The summed E-state index contributed by atoms with van der Waals surface area (Å²) in [4.78, 5) is 6.72. The normalized spacial score (nSPS) is 19.1. The van der Waals surface area contributed by atoms with Gasteiger partial charge in [-0.2, -0.15) is 0 Å². The minimum absolute atomic E-state index is 0.187. The van der Waals surface area contributed by atoms with E-state index in [-0.39, 0.29) is 4.75 Å². The summed E-state index contributed by atoms with van der Waals surface area (Å²) in [6, 6.07) is 6.33. The van der Waals surface area contributed by atoms with E-state index >= 15 is 0 Å². The lowest BCUT2D eigenvalue weighted by molar-refractivity contribution is 0.321. The first-order chi connectivity index (χ1) is 13.7. The van der Waals surface area contributed by atoms with Crippen LogP contribution in [0.5, 0.6) is 11.5 Å². The Morgan fingerprint density at radius 2 is 1.90 bits per heavy atom. The zero-order valence-corrected chi connectivity index (χ0v) is 19.4. The number of nitrogens with one attached hydrogen (secondary N) is 2. The molecular formula is C21H36N4O3S. The zero-order chi connectivity index (χ0) is 21.4. The first kappa shape index (κ1) is 23.5. The number of rotatable bonds is 8. The second-order valence-electron chi connectivity index (χ2n) is 8.25. The van der Waals surface area contributed by atoms with Crippen LogP contribution >= 0.6 is 0 Å². The van der Waals surface area contributed by atoms with Crippen LogP contribution in [0.25, 0.3) is 0 Å². The molecule has 2 unspecified atom stereocenters. The smallest absolute Gasteiger partial charge is 0.191 e. The highest BCUT2D eigenvalue weighted by molar-refractivity contribution is 7.86. The Balaban J connectivity index is 1.82. The molecule has 8 heteroatoms. The molecule has 1 fully saturated rings. The summed E-state index contributed by atoms with van der Waals surface area (Å²) in [5.74, 6) is 3.00. The Morgan fingerprint density at radius 3 is 2.45 bits per heavy atom. The zero-order valence-electron chi connectivity index (χ0n) is 18.6. The Kier molecular flexibility index (Phi) is 8.77. The van der Waals surface area contributed by atoms with Gasteiger partial charge in [0.1, 0.15) is 11.5 Å². The fourth-order valence-corrected chi connectivity index (χ4v) is 4.17. The summed E-state index contributed by atoms with van der Waals surface area (Å²) in [6.45, 7) is 9.45. The minimum atomic E-state index is -0.868. The third kappa shape index (κ3) is 7.51. The van der Waals surface area contributed by atoms with Crippen LogP contribution < -0.4 is 20.1 Å². The van der Waals surface area contributed by atoms with E-state index in [9.17, 15) is 4.21 Å². The van der Waals surface area contributed by atoms with Gasteiger partial charge in [-0.05, 0) is 44.9 Å². The molecule has 0 spiro atoms. The Labute approximate surface area is 177 Å². The van der Waals surface area contributed by atoms with Crippen molar-refractivity contribution in [2.24, 2.45) is 4.99 Å². The quantitative estimate of drug-likeness (QED) is 0.491. The molecule has 1 aliphatic rings. The van der Waals surface area contributed by atoms with Crippen LogP contribution in [0.4, 0.5) is 0 Å². The van der Waals surface area contributed by atoms with Crippen molar-refractivity contribution in [1.29, 1.82) is 0 Å². The molecule has 164 valence electrons. The number of ether oxygens (including phenoxy) is 2. The van der Waals surface area contributed by atoms with Crippen LogP contribution in [0.1, 0.15) is 32.8 Å². The molecule has 0 aromatic heterocycles. The lowest BCUT2D eigenvalue weighted by atomic mass is 10.2. The lowest BCUT2D eigenvalue weighted by Crippen LogP contribution is -2.46. The van der Waals surface area contributed by atoms with Gasteiger partial charge in [0.2, 0.25) is 0 Å². The number of likely N-dealkylation sites (tertiary alicyclic amines) is 1. The van der Waals surface area contributed by atoms with Crippen LogP contribution in [0, 0.1) is 0 Å². The van der Waals surface area contributed by atoms with E-state index in [1.165, 1.54) is 5.56 Å². The fraction of sp³-hybridized carbons (Fsp3) is 0.667. The maximum atomic E-state index is 12.2. The Hall–Kier alpha value is -1.80. The third-order valence-corrected chi connectivity index (χ3v) is 6.86. The molecule has 29 heavy (non-hydrogen) atoms. The second kappa shape index (κ2) is 10.8. The van der Waals surface area contributed by atoms with Crippen LogP contribution in [0.15, 0.2) is 23.2 Å². The molecule has 0 radical (unpaired) electrons. The van der Waals surface area contributed by atoms with Crippen LogP contribution in [0.2, 0.25) is 0 Å². The molecule has 7 nitrogen and oxygen atoms in total. The van der Waals surface area contributed by atoms with Crippen molar-refractivity contribution in [3.8, 4) is 11.5 Å². The topological polar surface area (TPSA) is 75.2 Å².